The first-order chi connectivity index (χ1) is 6.65. The average Bonchev–Trinajstić information content (AvgIpc) is 2.62. The predicted molar refractivity (Wildman–Crippen MR) is 46.3 cm³/mol. The molecule has 78 valence electrons. The molecule has 2 heterocycles. The smallest absolute Gasteiger partial charge is 0.240 e. The second-order valence-electron chi connectivity index (χ2n) is 3.56. The lowest BCUT2D eigenvalue weighted by Crippen LogP contribution is -2.22. The van der Waals surface area contributed by atoms with Crippen LogP contribution in [0.25, 0.3) is 0 Å². The molecule has 1 aliphatic rings. The monoisotopic (exact) mass is 199 g/mol. The van der Waals surface area contributed by atoms with E-state index in [0.717, 1.165) is 0 Å². The summed E-state index contributed by atoms with van der Waals surface area (Å²) in [5, 5.41) is 22.2. The molecule has 0 aromatic carbocycles. The van der Waals surface area contributed by atoms with Gasteiger partial charge < -0.3 is 14.7 Å². The third-order valence-corrected chi connectivity index (χ3v) is 2.26. The summed E-state index contributed by atoms with van der Waals surface area (Å²) >= 11 is 0. The minimum atomic E-state index is -0.668. The standard InChI is InChI=1S/C8H13N3O3/c1-5-9-8(14-10-5)4-11-2-6(12)7(13)3-11/h6-7,12-13H,2-4H2,1H3/t6-,7+. The summed E-state index contributed by atoms with van der Waals surface area (Å²) in [6, 6.07) is 0. The summed E-state index contributed by atoms with van der Waals surface area (Å²) in [4.78, 5) is 5.92. The van der Waals surface area contributed by atoms with Gasteiger partial charge in [0, 0.05) is 13.1 Å². The minimum absolute atomic E-state index is 0.447. The van der Waals surface area contributed by atoms with E-state index in [1.54, 1.807) is 6.92 Å². The first-order valence-corrected chi connectivity index (χ1v) is 4.53. The van der Waals surface area contributed by atoms with Gasteiger partial charge in [-0.15, -0.1) is 0 Å². The molecule has 6 heteroatoms. The Labute approximate surface area is 81.1 Å². The molecular weight excluding hydrogens is 186 g/mol. The van der Waals surface area contributed by atoms with Crippen LogP contribution in [0.3, 0.4) is 0 Å². The highest BCUT2D eigenvalue weighted by Gasteiger charge is 2.30. The van der Waals surface area contributed by atoms with E-state index < -0.39 is 12.2 Å². The molecule has 0 radical (unpaired) electrons. The summed E-state index contributed by atoms with van der Waals surface area (Å²) in [5.74, 6) is 1.11. The number of likely N-dealkylation sites (tertiary alicyclic amines) is 1. The first-order valence-electron chi connectivity index (χ1n) is 4.53. The topological polar surface area (TPSA) is 82.6 Å². The highest BCUT2D eigenvalue weighted by molar-refractivity contribution is 4.88. The number of hydrogen-bond donors (Lipinski definition) is 2. The van der Waals surface area contributed by atoms with Crippen LogP contribution in [0.1, 0.15) is 11.7 Å². The van der Waals surface area contributed by atoms with Gasteiger partial charge in [0.15, 0.2) is 5.82 Å². The van der Waals surface area contributed by atoms with E-state index >= 15 is 0 Å². The van der Waals surface area contributed by atoms with Gasteiger partial charge in [0.05, 0.1) is 18.8 Å². The second kappa shape index (κ2) is 3.64. The number of β-amino-alcohol motifs (C(OH)–C–C–N with tert-alkyl or cyclic N) is 2. The molecule has 0 bridgehead atoms. The van der Waals surface area contributed by atoms with Crippen LogP contribution in [-0.4, -0.2) is 50.6 Å². The van der Waals surface area contributed by atoms with Crippen molar-refractivity contribution in [2.75, 3.05) is 13.1 Å². The molecule has 6 nitrogen and oxygen atoms in total. The van der Waals surface area contributed by atoms with E-state index in [9.17, 15) is 10.2 Å². The lowest BCUT2D eigenvalue weighted by atomic mass is 10.3. The molecule has 0 unspecified atom stereocenters. The number of aryl methyl sites for hydroxylation is 1. The Morgan fingerprint density at radius 1 is 1.43 bits per heavy atom. The van der Waals surface area contributed by atoms with Crippen molar-refractivity contribution in [2.45, 2.75) is 25.7 Å². The second-order valence-corrected chi connectivity index (χ2v) is 3.56. The van der Waals surface area contributed by atoms with Crippen LogP contribution in [0, 0.1) is 6.92 Å². The SMILES string of the molecule is Cc1noc(CN2C[C@@H](O)[C@@H](O)C2)n1. The largest absolute Gasteiger partial charge is 0.389 e. The highest BCUT2D eigenvalue weighted by Crippen LogP contribution is 2.12. The van der Waals surface area contributed by atoms with Crippen molar-refractivity contribution in [3.05, 3.63) is 11.7 Å². The van der Waals surface area contributed by atoms with Crippen molar-refractivity contribution in [2.24, 2.45) is 0 Å². The summed E-state index contributed by atoms with van der Waals surface area (Å²) in [5.41, 5.74) is 0. The van der Waals surface area contributed by atoms with Crippen LogP contribution in [0.15, 0.2) is 4.52 Å². The number of aliphatic hydroxyl groups excluding tert-OH is 2. The van der Waals surface area contributed by atoms with Crippen LogP contribution in [0.4, 0.5) is 0 Å². The molecule has 0 spiro atoms. The molecule has 1 aliphatic heterocycles. The highest BCUT2D eigenvalue weighted by atomic mass is 16.5. The predicted octanol–water partition coefficient (Wildman–Crippen LogP) is -1.08. The van der Waals surface area contributed by atoms with Gasteiger partial charge in [0.1, 0.15) is 0 Å². The molecule has 14 heavy (non-hydrogen) atoms. The van der Waals surface area contributed by atoms with Crippen LogP contribution in [0.2, 0.25) is 0 Å². The van der Waals surface area contributed by atoms with Gasteiger partial charge in [-0.25, -0.2) is 0 Å². The van der Waals surface area contributed by atoms with E-state index in [-0.39, 0.29) is 0 Å². The molecule has 2 N–H and O–H groups in total. The van der Waals surface area contributed by atoms with Gasteiger partial charge >= 0.3 is 0 Å². The fourth-order valence-corrected chi connectivity index (χ4v) is 1.57. The van der Waals surface area contributed by atoms with Crippen molar-refractivity contribution < 1.29 is 14.7 Å². The Hall–Kier alpha value is -0.980. The van der Waals surface area contributed by atoms with E-state index in [1.165, 1.54) is 0 Å². The molecule has 0 saturated carbocycles. The van der Waals surface area contributed by atoms with Crippen molar-refractivity contribution in [1.82, 2.24) is 15.0 Å². The van der Waals surface area contributed by atoms with E-state index in [1.807, 2.05) is 4.90 Å². The lowest BCUT2D eigenvalue weighted by molar-refractivity contribution is 0.0572. The zero-order valence-electron chi connectivity index (χ0n) is 7.92. The Morgan fingerprint density at radius 2 is 2.07 bits per heavy atom. The quantitative estimate of drug-likeness (QED) is 0.630. The number of rotatable bonds is 2. The van der Waals surface area contributed by atoms with Crippen LogP contribution in [0.5, 0.6) is 0 Å². The van der Waals surface area contributed by atoms with Crippen molar-refractivity contribution in [1.29, 1.82) is 0 Å². The summed E-state index contributed by atoms with van der Waals surface area (Å²) < 4.78 is 4.93. The van der Waals surface area contributed by atoms with Crippen LogP contribution in [-0.2, 0) is 6.54 Å². The molecule has 1 aromatic rings. The molecule has 2 atom stereocenters. The minimum Gasteiger partial charge on any atom is -0.389 e. The molecule has 1 aromatic heterocycles. The molecule has 1 fully saturated rings. The van der Waals surface area contributed by atoms with Crippen molar-refractivity contribution >= 4 is 0 Å². The fraction of sp³-hybridized carbons (Fsp3) is 0.750. The van der Waals surface area contributed by atoms with Gasteiger partial charge in [-0.05, 0) is 6.92 Å². The number of aromatic nitrogens is 2. The zero-order valence-corrected chi connectivity index (χ0v) is 7.92. The Kier molecular flexibility index (Phi) is 2.49. The summed E-state index contributed by atoms with van der Waals surface area (Å²) in [7, 11) is 0. The maximum absolute atomic E-state index is 9.29. The third-order valence-electron chi connectivity index (χ3n) is 2.26. The average molecular weight is 199 g/mol. The Bertz CT molecular complexity index is 305. The number of aliphatic hydroxyl groups is 2. The number of nitrogens with zero attached hydrogens (tertiary/aromatic N) is 3. The summed E-state index contributed by atoms with van der Waals surface area (Å²) in [6.45, 7) is 3.13. The Balaban J connectivity index is 1.93. The van der Waals surface area contributed by atoms with E-state index in [0.29, 0.717) is 31.3 Å². The van der Waals surface area contributed by atoms with Crippen LogP contribution >= 0.6 is 0 Å². The zero-order chi connectivity index (χ0) is 10.1. The van der Waals surface area contributed by atoms with Crippen molar-refractivity contribution in [3.8, 4) is 0 Å². The molecular formula is C8H13N3O3. The molecule has 0 amide bonds. The molecule has 1 saturated heterocycles. The van der Waals surface area contributed by atoms with E-state index in [2.05, 4.69) is 10.1 Å². The maximum Gasteiger partial charge on any atom is 0.240 e. The summed E-state index contributed by atoms with van der Waals surface area (Å²) in [6.07, 6.45) is -1.34. The maximum atomic E-state index is 9.29. The number of hydrogen-bond acceptors (Lipinski definition) is 6. The fourth-order valence-electron chi connectivity index (χ4n) is 1.57. The first kappa shape index (κ1) is 9.57. The van der Waals surface area contributed by atoms with E-state index in [4.69, 9.17) is 4.52 Å². The van der Waals surface area contributed by atoms with Gasteiger partial charge in [0.2, 0.25) is 5.89 Å². The van der Waals surface area contributed by atoms with Gasteiger partial charge in [-0.2, -0.15) is 4.98 Å². The lowest BCUT2D eigenvalue weighted by Gasteiger charge is -2.10. The van der Waals surface area contributed by atoms with Gasteiger partial charge in [0.25, 0.3) is 0 Å². The molecule has 2 rings (SSSR count). The third kappa shape index (κ3) is 1.92. The van der Waals surface area contributed by atoms with Crippen molar-refractivity contribution in [3.63, 3.8) is 0 Å². The Morgan fingerprint density at radius 3 is 2.57 bits per heavy atom. The molecule has 0 aliphatic carbocycles. The van der Waals surface area contributed by atoms with Crippen LogP contribution < -0.4 is 0 Å². The van der Waals surface area contributed by atoms with Gasteiger partial charge in [-0.1, -0.05) is 5.16 Å². The van der Waals surface area contributed by atoms with Gasteiger partial charge in [-0.3, -0.25) is 4.90 Å². The normalized spacial score (nSPS) is 28.5.